The molecule has 1 heterocycles. The fraction of sp³-hybridized carbons (Fsp3) is 0.286. The van der Waals surface area contributed by atoms with Gasteiger partial charge in [-0.25, -0.2) is 18.7 Å². The van der Waals surface area contributed by atoms with E-state index in [0.717, 1.165) is 12.1 Å². The zero-order valence-corrected chi connectivity index (χ0v) is 11.9. The van der Waals surface area contributed by atoms with Gasteiger partial charge < -0.3 is 5.32 Å². The molecule has 0 bridgehead atoms. The van der Waals surface area contributed by atoms with E-state index in [2.05, 4.69) is 25.6 Å². The van der Waals surface area contributed by atoms with Crippen molar-refractivity contribution in [3.8, 4) is 0 Å². The van der Waals surface area contributed by atoms with Crippen molar-refractivity contribution in [2.24, 2.45) is 0 Å². The highest BCUT2D eigenvalue weighted by Crippen LogP contribution is 2.14. The van der Waals surface area contributed by atoms with Gasteiger partial charge in [0.2, 0.25) is 18.3 Å². The molecule has 0 saturated carbocycles. The summed E-state index contributed by atoms with van der Waals surface area (Å²) in [6.45, 7) is 1.87. The molecule has 0 aliphatic rings. The van der Waals surface area contributed by atoms with E-state index in [9.17, 15) is 13.6 Å². The van der Waals surface area contributed by atoms with E-state index in [0.29, 0.717) is 30.8 Å². The summed E-state index contributed by atoms with van der Waals surface area (Å²) in [5, 5.41) is 5.33. The van der Waals surface area contributed by atoms with Gasteiger partial charge in [-0.3, -0.25) is 10.1 Å². The van der Waals surface area contributed by atoms with E-state index in [1.807, 2.05) is 6.92 Å². The van der Waals surface area contributed by atoms with Crippen molar-refractivity contribution < 1.29 is 13.6 Å². The van der Waals surface area contributed by atoms with E-state index in [1.165, 1.54) is 12.4 Å². The predicted molar refractivity (Wildman–Crippen MR) is 77.3 cm³/mol. The Labute approximate surface area is 126 Å². The number of rotatable bonds is 7. The van der Waals surface area contributed by atoms with Crippen LogP contribution in [0.3, 0.4) is 0 Å². The Kier molecular flexibility index (Phi) is 5.29. The van der Waals surface area contributed by atoms with Gasteiger partial charge in [0.25, 0.3) is 0 Å². The predicted octanol–water partition coefficient (Wildman–Crippen LogP) is 2.15. The van der Waals surface area contributed by atoms with Crippen molar-refractivity contribution in [3.63, 3.8) is 0 Å². The Morgan fingerprint density at radius 1 is 1.27 bits per heavy atom. The first-order valence-corrected chi connectivity index (χ1v) is 6.68. The number of nitrogens with one attached hydrogen (secondary N) is 2. The van der Waals surface area contributed by atoms with Crippen LogP contribution in [0.4, 0.5) is 20.7 Å². The average Bonchev–Trinajstić information content (AvgIpc) is 2.49. The summed E-state index contributed by atoms with van der Waals surface area (Å²) in [6.07, 6.45) is 2.67. The molecule has 0 aliphatic heterocycles. The van der Waals surface area contributed by atoms with Crippen molar-refractivity contribution in [1.82, 2.24) is 15.0 Å². The number of aryl methyl sites for hydroxylation is 1. The van der Waals surface area contributed by atoms with E-state index in [-0.39, 0.29) is 12.0 Å². The fourth-order valence-electron chi connectivity index (χ4n) is 1.89. The molecule has 8 heteroatoms. The zero-order chi connectivity index (χ0) is 15.9. The third kappa shape index (κ3) is 4.44. The van der Waals surface area contributed by atoms with Crippen molar-refractivity contribution in [3.05, 3.63) is 41.7 Å². The average molecular weight is 307 g/mol. The maximum Gasteiger partial charge on any atom is 0.233 e. The number of aromatic nitrogens is 3. The summed E-state index contributed by atoms with van der Waals surface area (Å²) in [6, 6.07) is 3.32. The Balaban J connectivity index is 1.92. The smallest absolute Gasteiger partial charge is 0.233 e. The number of carbonyl (C=O) groups is 1. The molecule has 1 amide bonds. The fourth-order valence-corrected chi connectivity index (χ4v) is 1.89. The quantitative estimate of drug-likeness (QED) is 0.766. The van der Waals surface area contributed by atoms with Gasteiger partial charge in [-0.1, -0.05) is 0 Å². The molecule has 0 aliphatic carbocycles. The molecule has 0 saturated heterocycles. The first-order chi connectivity index (χ1) is 10.6. The third-order valence-corrected chi connectivity index (χ3v) is 2.99. The SMILES string of the molecule is CC(CCc1cc(F)ccc1F)Nc1ncnc(NC=O)n1. The van der Waals surface area contributed by atoms with E-state index < -0.39 is 11.6 Å². The van der Waals surface area contributed by atoms with Crippen LogP contribution in [0, 0.1) is 11.6 Å². The van der Waals surface area contributed by atoms with Gasteiger partial charge in [0.1, 0.15) is 18.0 Å². The van der Waals surface area contributed by atoms with E-state index in [1.54, 1.807) is 0 Å². The molecule has 6 nitrogen and oxygen atoms in total. The highest BCUT2D eigenvalue weighted by molar-refractivity contribution is 5.66. The summed E-state index contributed by atoms with van der Waals surface area (Å²) >= 11 is 0. The highest BCUT2D eigenvalue weighted by atomic mass is 19.1. The maximum atomic E-state index is 13.5. The summed E-state index contributed by atoms with van der Waals surface area (Å²) in [5.74, 6) is -0.451. The molecule has 116 valence electrons. The van der Waals surface area contributed by atoms with Gasteiger partial charge >= 0.3 is 0 Å². The molecule has 2 N–H and O–H groups in total. The van der Waals surface area contributed by atoms with Crippen LogP contribution in [0.25, 0.3) is 0 Å². The summed E-state index contributed by atoms with van der Waals surface area (Å²) in [4.78, 5) is 22.0. The normalized spacial score (nSPS) is 11.8. The number of hydrogen-bond donors (Lipinski definition) is 2. The molecule has 1 aromatic heterocycles. The molecule has 1 unspecified atom stereocenters. The molecular weight excluding hydrogens is 292 g/mol. The number of hydrogen-bond acceptors (Lipinski definition) is 5. The molecule has 0 spiro atoms. The lowest BCUT2D eigenvalue weighted by Crippen LogP contribution is -2.18. The van der Waals surface area contributed by atoms with Crippen molar-refractivity contribution in [2.75, 3.05) is 10.6 Å². The van der Waals surface area contributed by atoms with Gasteiger partial charge in [0.05, 0.1) is 0 Å². The zero-order valence-electron chi connectivity index (χ0n) is 11.9. The highest BCUT2D eigenvalue weighted by Gasteiger charge is 2.09. The lowest BCUT2D eigenvalue weighted by molar-refractivity contribution is -0.105. The Bertz CT molecular complexity index is 653. The molecule has 1 atom stereocenters. The van der Waals surface area contributed by atoms with Crippen LogP contribution in [0.1, 0.15) is 18.9 Å². The Morgan fingerprint density at radius 3 is 2.82 bits per heavy atom. The van der Waals surface area contributed by atoms with Gasteiger partial charge in [-0.2, -0.15) is 4.98 Å². The van der Waals surface area contributed by atoms with Crippen LogP contribution in [-0.4, -0.2) is 27.4 Å². The van der Waals surface area contributed by atoms with Crippen molar-refractivity contribution >= 4 is 18.3 Å². The van der Waals surface area contributed by atoms with E-state index in [4.69, 9.17) is 0 Å². The molecule has 0 fully saturated rings. The topological polar surface area (TPSA) is 79.8 Å². The standard InChI is InChI=1S/C14H15F2N5O/c1-9(2-3-10-6-11(15)4-5-12(10)16)20-14-18-7-17-13(21-14)19-8-22/h4-9H,2-3H2,1H3,(H2,17,18,19,20,21,22). The third-order valence-electron chi connectivity index (χ3n) is 2.99. The molecule has 2 rings (SSSR count). The van der Waals surface area contributed by atoms with Crippen LogP contribution in [-0.2, 0) is 11.2 Å². The number of carbonyl (C=O) groups excluding carboxylic acids is 1. The largest absolute Gasteiger partial charge is 0.352 e. The second kappa shape index (κ2) is 7.39. The van der Waals surface area contributed by atoms with E-state index >= 15 is 0 Å². The minimum atomic E-state index is -0.459. The van der Waals surface area contributed by atoms with Gasteiger partial charge in [-0.15, -0.1) is 0 Å². The van der Waals surface area contributed by atoms with Crippen molar-refractivity contribution in [2.45, 2.75) is 25.8 Å². The molecule has 22 heavy (non-hydrogen) atoms. The second-order valence-corrected chi connectivity index (χ2v) is 4.71. The summed E-state index contributed by atoms with van der Waals surface area (Å²) in [5.41, 5.74) is 0.326. The lowest BCUT2D eigenvalue weighted by Gasteiger charge is -2.14. The number of amides is 1. The van der Waals surface area contributed by atoms with Crippen molar-refractivity contribution in [1.29, 1.82) is 0 Å². The molecule has 1 aromatic carbocycles. The van der Waals surface area contributed by atoms with Crippen LogP contribution < -0.4 is 10.6 Å². The van der Waals surface area contributed by atoms with Gasteiger partial charge in [0, 0.05) is 6.04 Å². The second-order valence-electron chi connectivity index (χ2n) is 4.71. The van der Waals surface area contributed by atoms with Crippen LogP contribution >= 0.6 is 0 Å². The van der Waals surface area contributed by atoms with Gasteiger partial charge in [-0.05, 0) is 43.5 Å². The van der Waals surface area contributed by atoms with Crippen LogP contribution in [0.5, 0.6) is 0 Å². The Morgan fingerprint density at radius 2 is 2.05 bits per heavy atom. The van der Waals surface area contributed by atoms with Crippen LogP contribution in [0.15, 0.2) is 24.5 Å². The Hall–Kier alpha value is -2.64. The minimum Gasteiger partial charge on any atom is -0.352 e. The first-order valence-electron chi connectivity index (χ1n) is 6.68. The monoisotopic (exact) mass is 307 g/mol. The first kappa shape index (κ1) is 15.7. The molecule has 2 aromatic rings. The lowest BCUT2D eigenvalue weighted by atomic mass is 10.1. The van der Waals surface area contributed by atoms with Crippen LogP contribution in [0.2, 0.25) is 0 Å². The molecular formula is C14H15F2N5O. The number of anilines is 2. The number of benzene rings is 1. The number of nitrogens with zero attached hydrogens (tertiary/aromatic N) is 3. The molecule has 0 radical (unpaired) electrons. The summed E-state index contributed by atoms with van der Waals surface area (Å²) < 4.78 is 26.6. The number of halogens is 2. The summed E-state index contributed by atoms with van der Waals surface area (Å²) in [7, 11) is 0. The maximum absolute atomic E-state index is 13.5. The minimum absolute atomic E-state index is 0.0749. The van der Waals surface area contributed by atoms with Gasteiger partial charge in [0.15, 0.2) is 0 Å².